The number of unbranched alkanes of at least 4 members (excludes halogenated alkanes) is 2. The maximum absolute atomic E-state index is 11.1. The van der Waals surface area contributed by atoms with Gasteiger partial charge >= 0.3 is 11.9 Å². The molecule has 0 fully saturated rings. The van der Waals surface area contributed by atoms with Gasteiger partial charge in [0.15, 0.2) is 0 Å². The lowest BCUT2D eigenvalue weighted by Gasteiger charge is -2.01. The number of carbonyl (C=O) groups is 2. The standard InChI is InChI=1S/C13H22O4/c1-3-5-10-16-12(14)8-7-9-13(15)17-11-6-4-2/h7-8H,3-6,9-11H2,1-2H3. The van der Waals surface area contributed by atoms with Crippen molar-refractivity contribution >= 4 is 11.9 Å². The minimum atomic E-state index is -0.403. The highest BCUT2D eigenvalue weighted by Crippen LogP contribution is 1.94. The first-order valence-corrected chi connectivity index (χ1v) is 6.19. The maximum atomic E-state index is 11.1. The van der Waals surface area contributed by atoms with Crippen LogP contribution in [0.15, 0.2) is 12.2 Å². The maximum Gasteiger partial charge on any atom is 0.330 e. The molecule has 4 heteroatoms. The first kappa shape index (κ1) is 15.7. The predicted molar refractivity (Wildman–Crippen MR) is 65.5 cm³/mol. The first-order chi connectivity index (χ1) is 8.20. The normalized spacial score (nSPS) is 10.5. The molecule has 0 aromatic carbocycles. The molecule has 0 saturated carbocycles. The van der Waals surface area contributed by atoms with E-state index in [0.717, 1.165) is 25.7 Å². The molecule has 0 aliphatic heterocycles. The third-order valence-electron chi connectivity index (χ3n) is 2.04. The van der Waals surface area contributed by atoms with Gasteiger partial charge in [-0.25, -0.2) is 4.79 Å². The highest BCUT2D eigenvalue weighted by molar-refractivity contribution is 5.83. The summed E-state index contributed by atoms with van der Waals surface area (Å²) in [7, 11) is 0. The van der Waals surface area contributed by atoms with E-state index in [1.54, 1.807) is 0 Å². The van der Waals surface area contributed by atoms with Gasteiger partial charge in [0.2, 0.25) is 0 Å². The summed E-state index contributed by atoms with van der Waals surface area (Å²) in [5, 5.41) is 0. The van der Waals surface area contributed by atoms with Crippen molar-refractivity contribution in [1.29, 1.82) is 0 Å². The molecule has 0 unspecified atom stereocenters. The zero-order valence-corrected chi connectivity index (χ0v) is 10.7. The fourth-order valence-electron chi connectivity index (χ4n) is 1.01. The Hall–Kier alpha value is -1.32. The van der Waals surface area contributed by atoms with E-state index in [4.69, 9.17) is 9.47 Å². The minimum absolute atomic E-state index is 0.118. The summed E-state index contributed by atoms with van der Waals surface area (Å²) < 4.78 is 9.81. The van der Waals surface area contributed by atoms with Crippen LogP contribution in [0.4, 0.5) is 0 Å². The summed E-state index contributed by atoms with van der Waals surface area (Å²) in [6, 6.07) is 0. The highest BCUT2D eigenvalue weighted by atomic mass is 16.5. The van der Waals surface area contributed by atoms with Crippen LogP contribution in [0, 0.1) is 0 Å². The summed E-state index contributed by atoms with van der Waals surface area (Å²) in [6.45, 7) is 4.93. The Balaban J connectivity index is 3.56. The molecule has 0 amide bonds. The predicted octanol–water partition coefficient (Wildman–Crippen LogP) is 2.62. The van der Waals surface area contributed by atoms with Gasteiger partial charge in [0, 0.05) is 6.08 Å². The molecule has 0 aromatic rings. The smallest absolute Gasteiger partial charge is 0.330 e. The zero-order valence-electron chi connectivity index (χ0n) is 10.7. The first-order valence-electron chi connectivity index (χ1n) is 6.19. The quantitative estimate of drug-likeness (QED) is 0.354. The van der Waals surface area contributed by atoms with E-state index in [0.29, 0.717) is 13.2 Å². The van der Waals surface area contributed by atoms with Gasteiger partial charge in [-0.05, 0) is 12.8 Å². The van der Waals surface area contributed by atoms with Crippen LogP contribution >= 0.6 is 0 Å². The van der Waals surface area contributed by atoms with E-state index in [9.17, 15) is 9.59 Å². The van der Waals surface area contributed by atoms with Crippen molar-refractivity contribution in [3.8, 4) is 0 Å². The van der Waals surface area contributed by atoms with Crippen molar-refractivity contribution in [1.82, 2.24) is 0 Å². The molecule has 0 aliphatic carbocycles. The molecule has 0 heterocycles. The van der Waals surface area contributed by atoms with Gasteiger partial charge in [-0.15, -0.1) is 0 Å². The Labute approximate surface area is 103 Å². The third kappa shape index (κ3) is 11.0. The molecule has 4 nitrogen and oxygen atoms in total. The Morgan fingerprint density at radius 3 is 2.18 bits per heavy atom. The average molecular weight is 242 g/mol. The van der Waals surface area contributed by atoms with Crippen molar-refractivity contribution in [2.45, 2.75) is 46.0 Å². The topological polar surface area (TPSA) is 52.6 Å². The Morgan fingerprint density at radius 1 is 1.00 bits per heavy atom. The Bertz CT molecular complexity index is 246. The molecular weight excluding hydrogens is 220 g/mol. The van der Waals surface area contributed by atoms with E-state index in [2.05, 4.69) is 0 Å². The third-order valence-corrected chi connectivity index (χ3v) is 2.04. The molecule has 0 spiro atoms. The van der Waals surface area contributed by atoms with Gasteiger partial charge in [0.05, 0.1) is 19.6 Å². The van der Waals surface area contributed by atoms with Gasteiger partial charge in [-0.1, -0.05) is 32.8 Å². The number of esters is 2. The molecule has 0 aromatic heterocycles. The molecule has 98 valence electrons. The molecule has 0 bridgehead atoms. The largest absolute Gasteiger partial charge is 0.465 e. The fourth-order valence-corrected chi connectivity index (χ4v) is 1.01. The van der Waals surface area contributed by atoms with Crippen LogP contribution in [0.5, 0.6) is 0 Å². The van der Waals surface area contributed by atoms with Crippen molar-refractivity contribution in [3.63, 3.8) is 0 Å². The van der Waals surface area contributed by atoms with Crippen LogP contribution in [-0.4, -0.2) is 25.2 Å². The summed E-state index contributed by atoms with van der Waals surface area (Å²) in [4.78, 5) is 22.2. The van der Waals surface area contributed by atoms with Gasteiger partial charge in [0.1, 0.15) is 0 Å². The van der Waals surface area contributed by atoms with E-state index >= 15 is 0 Å². The summed E-state index contributed by atoms with van der Waals surface area (Å²) in [5.41, 5.74) is 0. The van der Waals surface area contributed by atoms with E-state index in [1.807, 2.05) is 13.8 Å². The monoisotopic (exact) mass is 242 g/mol. The van der Waals surface area contributed by atoms with Gasteiger partial charge in [-0.3, -0.25) is 4.79 Å². The Morgan fingerprint density at radius 2 is 1.59 bits per heavy atom. The molecular formula is C13H22O4. The van der Waals surface area contributed by atoms with Crippen molar-refractivity contribution in [2.24, 2.45) is 0 Å². The summed E-state index contributed by atoms with van der Waals surface area (Å²) >= 11 is 0. The number of ether oxygens (including phenoxy) is 2. The van der Waals surface area contributed by atoms with Crippen LogP contribution < -0.4 is 0 Å². The molecule has 17 heavy (non-hydrogen) atoms. The van der Waals surface area contributed by atoms with Crippen LogP contribution in [0.3, 0.4) is 0 Å². The van der Waals surface area contributed by atoms with Gasteiger partial charge in [0.25, 0.3) is 0 Å². The second-order valence-electron chi connectivity index (χ2n) is 3.70. The number of hydrogen-bond acceptors (Lipinski definition) is 4. The Kier molecular flexibility index (Phi) is 10.3. The minimum Gasteiger partial charge on any atom is -0.465 e. The second kappa shape index (κ2) is 11.2. The van der Waals surface area contributed by atoms with E-state index in [1.165, 1.54) is 12.2 Å². The van der Waals surface area contributed by atoms with Crippen molar-refractivity contribution in [3.05, 3.63) is 12.2 Å². The van der Waals surface area contributed by atoms with Crippen LogP contribution in [-0.2, 0) is 19.1 Å². The molecule has 0 atom stereocenters. The van der Waals surface area contributed by atoms with E-state index in [-0.39, 0.29) is 12.4 Å². The lowest BCUT2D eigenvalue weighted by atomic mass is 10.3. The zero-order chi connectivity index (χ0) is 12.9. The molecule has 0 aliphatic rings. The molecule has 0 rings (SSSR count). The molecule has 0 saturated heterocycles. The molecule has 0 N–H and O–H groups in total. The van der Waals surface area contributed by atoms with Gasteiger partial charge < -0.3 is 9.47 Å². The highest BCUT2D eigenvalue weighted by Gasteiger charge is 2.00. The number of rotatable bonds is 9. The van der Waals surface area contributed by atoms with Crippen molar-refractivity contribution in [2.75, 3.05) is 13.2 Å². The lowest BCUT2D eigenvalue weighted by Crippen LogP contribution is -2.05. The second-order valence-corrected chi connectivity index (χ2v) is 3.70. The van der Waals surface area contributed by atoms with Gasteiger partial charge in [-0.2, -0.15) is 0 Å². The SMILES string of the molecule is CCCCOC(=O)C=CCC(=O)OCCCC. The van der Waals surface area contributed by atoms with Crippen LogP contribution in [0.1, 0.15) is 46.0 Å². The van der Waals surface area contributed by atoms with Crippen LogP contribution in [0.25, 0.3) is 0 Å². The van der Waals surface area contributed by atoms with Crippen LogP contribution in [0.2, 0.25) is 0 Å². The lowest BCUT2D eigenvalue weighted by molar-refractivity contribution is -0.142. The molecule has 0 radical (unpaired) electrons. The summed E-state index contributed by atoms with van der Waals surface area (Å²) in [5.74, 6) is -0.712. The summed E-state index contributed by atoms with van der Waals surface area (Å²) in [6.07, 6.45) is 6.58. The number of hydrogen-bond donors (Lipinski definition) is 0. The van der Waals surface area contributed by atoms with Crippen molar-refractivity contribution < 1.29 is 19.1 Å². The average Bonchev–Trinajstić information content (AvgIpc) is 2.30. The fraction of sp³-hybridized carbons (Fsp3) is 0.692. The number of carbonyl (C=O) groups excluding carboxylic acids is 2. The van der Waals surface area contributed by atoms with E-state index < -0.39 is 5.97 Å².